The Hall–Kier alpha value is -3.06. The van der Waals surface area contributed by atoms with Crippen LogP contribution in [0.25, 0.3) is 10.9 Å². The first-order valence-corrected chi connectivity index (χ1v) is 8.60. The molecule has 4 rings (SSSR count). The molecule has 0 fully saturated rings. The van der Waals surface area contributed by atoms with Gasteiger partial charge in [-0.2, -0.15) is 4.98 Å². The summed E-state index contributed by atoms with van der Waals surface area (Å²) in [5.74, 6) is 0.228. The zero-order chi connectivity index (χ0) is 17.2. The van der Waals surface area contributed by atoms with Gasteiger partial charge in [0.15, 0.2) is 5.78 Å². The van der Waals surface area contributed by atoms with Gasteiger partial charge in [-0.05, 0) is 11.6 Å². The summed E-state index contributed by atoms with van der Waals surface area (Å²) in [6.45, 7) is 0. The van der Waals surface area contributed by atoms with E-state index >= 15 is 0 Å². The number of thioether (sulfide) groups is 1. The lowest BCUT2D eigenvalue weighted by Crippen LogP contribution is -2.10. The van der Waals surface area contributed by atoms with Crippen molar-refractivity contribution in [1.29, 1.82) is 0 Å². The van der Waals surface area contributed by atoms with Crippen molar-refractivity contribution in [2.45, 2.75) is 10.4 Å². The topological polar surface area (TPSA) is 100 Å². The van der Waals surface area contributed by atoms with E-state index in [0.717, 1.165) is 16.5 Å². The van der Waals surface area contributed by atoms with Gasteiger partial charge in [0.2, 0.25) is 11.1 Å². The first kappa shape index (κ1) is 15.5. The molecule has 2 heterocycles. The van der Waals surface area contributed by atoms with Crippen LogP contribution in [-0.2, 0) is 0 Å². The number of Topliss-reactive ketones (excluding diaryl/α,β-unsaturated/α-hetero) is 1. The fourth-order valence-electron chi connectivity index (χ4n) is 2.73. The second kappa shape index (κ2) is 6.45. The summed E-state index contributed by atoms with van der Waals surface area (Å²) in [6, 6.07) is 17.4. The number of nitrogens with two attached hydrogens (primary N) is 1. The number of fused-ring (bicyclic) bond motifs is 1. The van der Waals surface area contributed by atoms with Crippen LogP contribution in [0, 0.1) is 0 Å². The number of hydrogen-bond donors (Lipinski definition) is 3. The molecule has 0 bridgehead atoms. The SMILES string of the molecule is Nc1nc(S[C@H](C(=O)c2c[nH]c3ccccc23)c2ccccc2)n[nH]1. The van der Waals surface area contributed by atoms with E-state index in [0.29, 0.717) is 10.7 Å². The minimum Gasteiger partial charge on any atom is -0.368 e. The molecule has 0 unspecified atom stereocenters. The molecule has 2 aromatic heterocycles. The van der Waals surface area contributed by atoms with E-state index in [1.807, 2.05) is 54.6 Å². The first-order chi connectivity index (χ1) is 12.2. The van der Waals surface area contributed by atoms with Crippen molar-refractivity contribution in [1.82, 2.24) is 20.2 Å². The summed E-state index contributed by atoms with van der Waals surface area (Å²) in [4.78, 5) is 20.6. The number of nitrogens with zero attached hydrogens (tertiary/aromatic N) is 2. The number of carbonyl (C=O) groups excluding carboxylic acids is 1. The number of ketones is 1. The Morgan fingerprint density at radius 3 is 2.60 bits per heavy atom. The van der Waals surface area contributed by atoms with Crippen molar-refractivity contribution in [2.75, 3.05) is 5.73 Å². The normalized spacial score (nSPS) is 12.3. The molecular weight excluding hydrogens is 334 g/mol. The number of aromatic nitrogens is 4. The number of nitrogens with one attached hydrogen (secondary N) is 2. The van der Waals surface area contributed by atoms with Crippen LogP contribution in [0.5, 0.6) is 0 Å². The smallest absolute Gasteiger partial charge is 0.216 e. The van der Waals surface area contributed by atoms with E-state index in [-0.39, 0.29) is 11.7 Å². The van der Waals surface area contributed by atoms with E-state index < -0.39 is 5.25 Å². The molecule has 4 N–H and O–H groups in total. The molecule has 0 spiro atoms. The summed E-state index contributed by atoms with van der Waals surface area (Å²) in [5, 5.41) is 7.54. The van der Waals surface area contributed by atoms with Crippen LogP contribution in [0.15, 0.2) is 66.0 Å². The van der Waals surface area contributed by atoms with Crippen LogP contribution in [0.1, 0.15) is 21.2 Å². The molecule has 4 aromatic rings. The quantitative estimate of drug-likeness (QED) is 0.378. The number of para-hydroxylation sites is 1. The third-order valence-electron chi connectivity index (χ3n) is 3.90. The Labute approximate surface area is 147 Å². The van der Waals surface area contributed by atoms with Gasteiger partial charge in [-0.25, -0.2) is 5.10 Å². The Morgan fingerprint density at radius 1 is 1.08 bits per heavy atom. The minimum absolute atomic E-state index is 0.00276. The van der Waals surface area contributed by atoms with Gasteiger partial charge < -0.3 is 10.7 Å². The largest absolute Gasteiger partial charge is 0.368 e. The minimum atomic E-state index is -0.462. The van der Waals surface area contributed by atoms with Gasteiger partial charge in [0.1, 0.15) is 5.25 Å². The number of aromatic amines is 2. The first-order valence-electron chi connectivity index (χ1n) is 7.72. The third-order valence-corrected chi connectivity index (χ3v) is 5.02. The van der Waals surface area contributed by atoms with Gasteiger partial charge in [-0.1, -0.05) is 60.3 Å². The number of hydrogen-bond acceptors (Lipinski definition) is 5. The number of H-pyrrole nitrogens is 2. The highest BCUT2D eigenvalue weighted by molar-refractivity contribution is 8.00. The highest BCUT2D eigenvalue weighted by Gasteiger charge is 2.26. The fraction of sp³-hybridized carbons (Fsp3) is 0.0556. The van der Waals surface area contributed by atoms with E-state index in [2.05, 4.69) is 20.2 Å². The fourth-order valence-corrected chi connectivity index (χ4v) is 3.72. The van der Waals surface area contributed by atoms with Gasteiger partial charge in [-0.15, -0.1) is 5.10 Å². The van der Waals surface area contributed by atoms with Crippen LogP contribution in [0.3, 0.4) is 0 Å². The monoisotopic (exact) mass is 349 g/mol. The van der Waals surface area contributed by atoms with Crippen molar-refractivity contribution in [3.63, 3.8) is 0 Å². The Balaban J connectivity index is 1.75. The number of rotatable bonds is 5. The number of benzene rings is 2. The Bertz CT molecular complexity index is 1020. The number of anilines is 1. The molecule has 0 aliphatic rings. The molecule has 1 atom stereocenters. The van der Waals surface area contributed by atoms with Crippen LogP contribution < -0.4 is 5.73 Å². The van der Waals surface area contributed by atoms with Crippen molar-refractivity contribution in [3.05, 3.63) is 71.9 Å². The molecule has 2 aromatic carbocycles. The molecule has 124 valence electrons. The molecule has 0 amide bonds. The predicted molar refractivity (Wildman–Crippen MR) is 98.5 cm³/mol. The predicted octanol–water partition coefficient (Wildman–Crippen LogP) is 3.58. The summed E-state index contributed by atoms with van der Waals surface area (Å²) in [7, 11) is 0. The van der Waals surface area contributed by atoms with Crippen LogP contribution in [0.2, 0.25) is 0 Å². The van der Waals surface area contributed by atoms with Crippen molar-refractivity contribution >= 4 is 34.4 Å². The van der Waals surface area contributed by atoms with Crippen molar-refractivity contribution in [3.8, 4) is 0 Å². The van der Waals surface area contributed by atoms with Gasteiger partial charge in [0, 0.05) is 22.7 Å². The molecule has 0 aliphatic carbocycles. The van der Waals surface area contributed by atoms with Gasteiger partial charge >= 0.3 is 0 Å². The van der Waals surface area contributed by atoms with E-state index in [4.69, 9.17) is 5.73 Å². The average Bonchev–Trinajstić information content (AvgIpc) is 3.26. The van der Waals surface area contributed by atoms with Gasteiger partial charge in [0.25, 0.3) is 0 Å². The molecule has 0 aliphatic heterocycles. The lowest BCUT2D eigenvalue weighted by molar-refractivity contribution is 0.0991. The number of nitrogen functional groups attached to an aromatic ring is 1. The highest BCUT2D eigenvalue weighted by atomic mass is 32.2. The lowest BCUT2D eigenvalue weighted by atomic mass is 10.0. The molecule has 0 saturated heterocycles. The average molecular weight is 349 g/mol. The third kappa shape index (κ3) is 3.01. The number of carbonyl (C=O) groups is 1. The maximum absolute atomic E-state index is 13.3. The Morgan fingerprint density at radius 2 is 1.84 bits per heavy atom. The van der Waals surface area contributed by atoms with Gasteiger partial charge in [-0.3, -0.25) is 4.79 Å². The molecule has 6 nitrogen and oxygen atoms in total. The highest BCUT2D eigenvalue weighted by Crippen LogP contribution is 2.37. The molecule has 0 saturated carbocycles. The summed E-state index contributed by atoms with van der Waals surface area (Å²) in [5.41, 5.74) is 8.09. The van der Waals surface area contributed by atoms with E-state index in [1.54, 1.807) is 6.20 Å². The van der Waals surface area contributed by atoms with E-state index in [9.17, 15) is 4.79 Å². The van der Waals surface area contributed by atoms with Gasteiger partial charge in [0.05, 0.1) is 0 Å². The van der Waals surface area contributed by atoms with Crippen LogP contribution >= 0.6 is 11.8 Å². The zero-order valence-corrected chi connectivity index (χ0v) is 14.0. The maximum Gasteiger partial charge on any atom is 0.216 e. The van der Waals surface area contributed by atoms with Crippen molar-refractivity contribution < 1.29 is 4.79 Å². The molecule has 0 radical (unpaired) electrons. The van der Waals surface area contributed by atoms with Crippen LogP contribution in [-0.4, -0.2) is 25.9 Å². The van der Waals surface area contributed by atoms with Crippen LogP contribution in [0.4, 0.5) is 5.95 Å². The summed E-state index contributed by atoms with van der Waals surface area (Å²) >= 11 is 1.28. The van der Waals surface area contributed by atoms with Crippen molar-refractivity contribution in [2.24, 2.45) is 0 Å². The lowest BCUT2D eigenvalue weighted by Gasteiger charge is -2.13. The Kier molecular flexibility index (Phi) is 3.99. The molecule has 25 heavy (non-hydrogen) atoms. The second-order valence-corrected chi connectivity index (χ2v) is 6.60. The molecule has 7 heteroatoms. The maximum atomic E-state index is 13.3. The molecular formula is C18H15N5OS. The van der Waals surface area contributed by atoms with E-state index in [1.165, 1.54) is 11.8 Å². The second-order valence-electron chi connectivity index (χ2n) is 5.52. The zero-order valence-electron chi connectivity index (χ0n) is 13.1. The summed E-state index contributed by atoms with van der Waals surface area (Å²) in [6.07, 6.45) is 1.76. The standard InChI is InChI=1S/C18H15N5OS/c19-17-21-18(23-22-17)25-16(11-6-2-1-3-7-11)15(24)13-10-20-14-9-5-4-8-12(13)14/h1-10,16,20H,(H3,19,21,22,23)/t16-/m0/s1. The summed E-state index contributed by atoms with van der Waals surface area (Å²) < 4.78 is 0.